The second-order valence-electron chi connectivity index (χ2n) is 3.81. The monoisotopic (exact) mass is 243 g/mol. The first kappa shape index (κ1) is 11.8. The van der Waals surface area contributed by atoms with E-state index in [-0.39, 0.29) is 17.3 Å². The van der Waals surface area contributed by atoms with Gasteiger partial charge in [0, 0.05) is 5.56 Å². The lowest BCUT2D eigenvalue weighted by Crippen LogP contribution is -2.13. The fraction of sp³-hybridized carbons (Fsp3) is 0. The molecule has 18 heavy (non-hydrogen) atoms. The average molecular weight is 243 g/mol. The lowest BCUT2D eigenvalue weighted by Gasteiger charge is -2.08. The van der Waals surface area contributed by atoms with Gasteiger partial charge in [0.1, 0.15) is 5.75 Å². The van der Waals surface area contributed by atoms with Crippen LogP contribution >= 0.6 is 0 Å². The zero-order valence-corrected chi connectivity index (χ0v) is 9.55. The molecule has 5 nitrogen and oxygen atoms in total. The van der Waals surface area contributed by atoms with Gasteiger partial charge in [-0.15, -0.1) is 0 Å². The number of anilines is 3. The number of phenolic OH excluding ortho intramolecular Hbond substituents is 1. The molecular formula is C13H13N3O2. The standard InChI is InChI=1S/C13H13N3O2/c14-9-3-1-2-4-11(9)16-13(18)8-5-6-12(17)10(15)7-8/h1-7,17H,14-15H2,(H,16,18). The summed E-state index contributed by atoms with van der Waals surface area (Å²) in [5.74, 6) is -0.384. The van der Waals surface area contributed by atoms with Crippen LogP contribution in [0.2, 0.25) is 0 Å². The molecule has 6 N–H and O–H groups in total. The molecule has 2 aromatic rings. The maximum atomic E-state index is 11.9. The highest BCUT2D eigenvalue weighted by Crippen LogP contribution is 2.22. The van der Waals surface area contributed by atoms with Crippen molar-refractivity contribution in [1.82, 2.24) is 0 Å². The van der Waals surface area contributed by atoms with Gasteiger partial charge in [-0.25, -0.2) is 0 Å². The van der Waals surface area contributed by atoms with E-state index in [2.05, 4.69) is 5.32 Å². The molecule has 0 radical (unpaired) electrons. The van der Waals surface area contributed by atoms with Crippen molar-refractivity contribution in [2.75, 3.05) is 16.8 Å². The van der Waals surface area contributed by atoms with Gasteiger partial charge in [-0.1, -0.05) is 12.1 Å². The summed E-state index contributed by atoms with van der Waals surface area (Å²) in [5.41, 5.74) is 12.8. The number of nitrogen functional groups attached to an aromatic ring is 2. The summed E-state index contributed by atoms with van der Waals surface area (Å²) in [7, 11) is 0. The summed E-state index contributed by atoms with van der Waals surface area (Å²) in [6.07, 6.45) is 0. The minimum Gasteiger partial charge on any atom is -0.506 e. The Morgan fingerprint density at radius 3 is 2.44 bits per heavy atom. The van der Waals surface area contributed by atoms with Crippen molar-refractivity contribution in [3.05, 3.63) is 48.0 Å². The molecule has 5 heteroatoms. The Kier molecular flexibility index (Phi) is 3.05. The summed E-state index contributed by atoms with van der Waals surface area (Å²) in [6.45, 7) is 0. The summed E-state index contributed by atoms with van der Waals surface area (Å²) in [4.78, 5) is 11.9. The lowest BCUT2D eigenvalue weighted by molar-refractivity contribution is 0.102. The molecule has 0 aromatic heterocycles. The van der Waals surface area contributed by atoms with Gasteiger partial charge in [0.15, 0.2) is 0 Å². The van der Waals surface area contributed by atoms with Crippen LogP contribution in [0.4, 0.5) is 17.1 Å². The molecule has 0 aliphatic rings. The summed E-state index contributed by atoms with van der Waals surface area (Å²) >= 11 is 0. The fourth-order valence-electron chi connectivity index (χ4n) is 1.50. The van der Waals surface area contributed by atoms with E-state index in [1.807, 2.05) is 0 Å². The highest BCUT2D eigenvalue weighted by Gasteiger charge is 2.09. The molecule has 0 heterocycles. The van der Waals surface area contributed by atoms with Crippen LogP contribution in [0.3, 0.4) is 0 Å². The molecular weight excluding hydrogens is 230 g/mol. The zero-order chi connectivity index (χ0) is 13.1. The SMILES string of the molecule is Nc1cc(C(=O)Nc2ccccc2N)ccc1O. The Morgan fingerprint density at radius 1 is 1.06 bits per heavy atom. The van der Waals surface area contributed by atoms with E-state index in [9.17, 15) is 9.90 Å². The predicted octanol–water partition coefficient (Wildman–Crippen LogP) is 1.81. The van der Waals surface area contributed by atoms with Crippen molar-refractivity contribution >= 4 is 23.0 Å². The number of nitrogens with two attached hydrogens (primary N) is 2. The quantitative estimate of drug-likeness (QED) is 0.477. The Morgan fingerprint density at radius 2 is 1.78 bits per heavy atom. The minimum atomic E-state index is -0.334. The third-order valence-corrected chi connectivity index (χ3v) is 2.50. The molecule has 0 aliphatic heterocycles. The van der Waals surface area contributed by atoms with E-state index >= 15 is 0 Å². The molecule has 0 saturated heterocycles. The molecule has 2 aromatic carbocycles. The smallest absolute Gasteiger partial charge is 0.255 e. The molecule has 0 fully saturated rings. The number of para-hydroxylation sites is 2. The van der Waals surface area contributed by atoms with E-state index in [1.54, 1.807) is 24.3 Å². The summed E-state index contributed by atoms with van der Waals surface area (Å²) in [6, 6.07) is 11.2. The molecule has 92 valence electrons. The number of carbonyl (C=O) groups excluding carboxylic acids is 1. The van der Waals surface area contributed by atoms with E-state index in [4.69, 9.17) is 11.5 Å². The van der Waals surface area contributed by atoms with Crippen LogP contribution in [0.25, 0.3) is 0 Å². The van der Waals surface area contributed by atoms with E-state index in [1.165, 1.54) is 18.2 Å². The second kappa shape index (κ2) is 4.67. The van der Waals surface area contributed by atoms with Crippen LogP contribution in [0, 0.1) is 0 Å². The number of benzene rings is 2. The first-order valence-electron chi connectivity index (χ1n) is 5.32. The van der Waals surface area contributed by atoms with Crippen LogP contribution in [-0.2, 0) is 0 Å². The zero-order valence-electron chi connectivity index (χ0n) is 9.55. The van der Waals surface area contributed by atoms with Crippen molar-refractivity contribution < 1.29 is 9.90 Å². The number of aromatic hydroxyl groups is 1. The molecule has 0 spiro atoms. The lowest BCUT2D eigenvalue weighted by atomic mass is 10.1. The highest BCUT2D eigenvalue weighted by molar-refractivity contribution is 6.06. The second-order valence-corrected chi connectivity index (χ2v) is 3.81. The molecule has 0 atom stereocenters. The molecule has 0 saturated carbocycles. The van der Waals surface area contributed by atoms with Gasteiger partial charge in [0.2, 0.25) is 0 Å². The van der Waals surface area contributed by atoms with Crippen molar-refractivity contribution in [3.63, 3.8) is 0 Å². The van der Waals surface area contributed by atoms with Gasteiger partial charge in [-0.2, -0.15) is 0 Å². The normalized spacial score (nSPS) is 10.0. The van der Waals surface area contributed by atoms with Crippen LogP contribution < -0.4 is 16.8 Å². The average Bonchev–Trinajstić information content (AvgIpc) is 2.35. The maximum absolute atomic E-state index is 11.9. The van der Waals surface area contributed by atoms with Crippen LogP contribution in [0.15, 0.2) is 42.5 Å². The largest absolute Gasteiger partial charge is 0.506 e. The molecule has 0 aliphatic carbocycles. The Balaban J connectivity index is 2.22. The summed E-state index contributed by atoms with van der Waals surface area (Å²) in [5, 5.41) is 12.0. The topological polar surface area (TPSA) is 101 Å². The number of phenols is 1. The first-order chi connectivity index (χ1) is 8.58. The van der Waals surface area contributed by atoms with Gasteiger partial charge in [-0.05, 0) is 30.3 Å². The van der Waals surface area contributed by atoms with Gasteiger partial charge < -0.3 is 21.9 Å². The number of carbonyl (C=O) groups is 1. The highest BCUT2D eigenvalue weighted by atomic mass is 16.3. The molecule has 2 rings (SSSR count). The third kappa shape index (κ3) is 2.35. The van der Waals surface area contributed by atoms with Gasteiger partial charge in [0.25, 0.3) is 5.91 Å². The van der Waals surface area contributed by atoms with Crippen molar-refractivity contribution in [1.29, 1.82) is 0 Å². The van der Waals surface area contributed by atoms with Crippen molar-refractivity contribution in [3.8, 4) is 5.75 Å². The van der Waals surface area contributed by atoms with Gasteiger partial charge >= 0.3 is 0 Å². The number of hydrogen-bond acceptors (Lipinski definition) is 4. The first-order valence-corrected chi connectivity index (χ1v) is 5.32. The molecule has 0 unspecified atom stereocenters. The van der Waals surface area contributed by atoms with E-state index in [0.29, 0.717) is 16.9 Å². The Hall–Kier alpha value is -2.69. The number of nitrogens with one attached hydrogen (secondary N) is 1. The Labute approximate surface area is 104 Å². The van der Waals surface area contributed by atoms with Crippen molar-refractivity contribution in [2.24, 2.45) is 0 Å². The van der Waals surface area contributed by atoms with Crippen LogP contribution in [-0.4, -0.2) is 11.0 Å². The maximum Gasteiger partial charge on any atom is 0.255 e. The van der Waals surface area contributed by atoms with Gasteiger partial charge in [-0.3, -0.25) is 4.79 Å². The number of amides is 1. The number of hydrogen-bond donors (Lipinski definition) is 4. The van der Waals surface area contributed by atoms with E-state index in [0.717, 1.165) is 0 Å². The predicted molar refractivity (Wildman–Crippen MR) is 71.3 cm³/mol. The summed E-state index contributed by atoms with van der Waals surface area (Å²) < 4.78 is 0. The molecule has 1 amide bonds. The number of rotatable bonds is 2. The fourth-order valence-corrected chi connectivity index (χ4v) is 1.50. The van der Waals surface area contributed by atoms with Crippen molar-refractivity contribution in [2.45, 2.75) is 0 Å². The van der Waals surface area contributed by atoms with E-state index < -0.39 is 0 Å². The third-order valence-electron chi connectivity index (χ3n) is 2.50. The van der Waals surface area contributed by atoms with Crippen LogP contribution in [0.5, 0.6) is 5.75 Å². The van der Waals surface area contributed by atoms with Crippen LogP contribution in [0.1, 0.15) is 10.4 Å². The molecule has 0 bridgehead atoms. The minimum absolute atomic E-state index is 0.0502. The Bertz CT molecular complexity index is 597. The van der Waals surface area contributed by atoms with Gasteiger partial charge in [0.05, 0.1) is 17.1 Å².